The van der Waals surface area contributed by atoms with Gasteiger partial charge >= 0.3 is 6.03 Å². The fourth-order valence-corrected chi connectivity index (χ4v) is 5.76. The van der Waals surface area contributed by atoms with Crippen LogP contribution in [0, 0.1) is 13.8 Å². The molecule has 0 saturated heterocycles. The molecule has 0 spiro atoms. The van der Waals surface area contributed by atoms with Gasteiger partial charge in [0, 0.05) is 24.8 Å². The number of aryl methyl sites for hydroxylation is 3. The highest BCUT2D eigenvalue weighted by atomic mass is 16.7. The molecular formula is C28H33N9O4. The average Bonchev–Trinajstić information content (AvgIpc) is 3.67. The number of nitrogens with zero attached hydrogens (tertiary/aromatic N) is 7. The van der Waals surface area contributed by atoms with Gasteiger partial charge in [-0.3, -0.25) is 14.4 Å². The predicted molar refractivity (Wildman–Crippen MR) is 148 cm³/mol. The molecule has 13 nitrogen and oxygen atoms in total. The van der Waals surface area contributed by atoms with Crippen LogP contribution in [0.3, 0.4) is 0 Å². The van der Waals surface area contributed by atoms with Crippen LogP contribution in [0.15, 0.2) is 24.3 Å². The number of unbranched alkanes of at least 4 members (excludes halogenated alkanes) is 1. The van der Waals surface area contributed by atoms with E-state index in [9.17, 15) is 14.4 Å². The van der Waals surface area contributed by atoms with Crippen LogP contribution in [0.4, 0.5) is 4.79 Å². The highest BCUT2D eigenvalue weighted by molar-refractivity contribution is 6.20. The number of tetrazole rings is 1. The van der Waals surface area contributed by atoms with Gasteiger partial charge in [-0.05, 0) is 67.7 Å². The van der Waals surface area contributed by atoms with Crippen LogP contribution in [0.5, 0.6) is 0 Å². The van der Waals surface area contributed by atoms with Gasteiger partial charge in [0.15, 0.2) is 0 Å². The summed E-state index contributed by atoms with van der Waals surface area (Å²) in [6.07, 6.45) is 7.16. The molecule has 1 aliphatic heterocycles. The summed E-state index contributed by atoms with van der Waals surface area (Å²) < 4.78 is 3.69. The van der Waals surface area contributed by atoms with E-state index in [2.05, 4.69) is 26.2 Å². The molecular weight excluding hydrogens is 526 g/mol. The lowest BCUT2D eigenvalue weighted by Crippen LogP contribution is -2.43. The van der Waals surface area contributed by atoms with Gasteiger partial charge in [-0.25, -0.2) is 9.78 Å². The average molecular weight is 560 g/mol. The lowest BCUT2D eigenvalue weighted by molar-refractivity contribution is -0.103. The number of aromatic nitrogens is 6. The first-order chi connectivity index (χ1) is 19.9. The van der Waals surface area contributed by atoms with Gasteiger partial charge < -0.3 is 15.2 Å². The van der Waals surface area contributed by atoms with E-state index in [0.29, 0.717) is 41.2 Å². The minimum absolute atomic E-state index is 0.103. The molecule has 1 aromatic carbocycles. The van der Waals surface area contributed by atoms with E-state index in [0.717, 1.165) is 47.5 Å². The molecule has 0 radical (unpaired) electrons. The topological polar surface area (TPSA) is 149 Å². The van der Waals surface area contributed by atoms with E-state index < -0.39 is 11.8 Å². The van der Waals surface area contributed by atoms with Crippen molar-refractivity contribution in [3.63, 3.8) is 0 Å². The van der Waals surface area contributed by atoms with Crippen molar-refractivity contribution in [3.05, 3.63) is 52.5 Å². The van der Waals surface area contributed by atoms with Crippen molar-refractivity contribution in [2.45, 2.75) is 78.0 Å². The van der Waals surface area contributed by atoms with Crippen LogP contribution in [-0.4, -0.2) is 65.1 Å². The molecule has 1 aliphatic carbocycles. The summed E-state index contributed by atoms with van der Waals surface area (Å²) in [5, 5.41) is 19.0. The number of amides is 4. The molecule has 0 unspecified atom stereocenters. The number of carbonyl (C=O) groups excluding carboxylic acids is 3. The minimum Gasteiger partial charge on any atom is -0.338 e. The van der Waals surface area contributed by atoms with E-state index in [1.165, 1.54) is 19.3 Å². The number of imide groups is 1. The van der Waals surface area contributed by atoms with E-state index >= 15 is 0 Å². The first-order valence-electron chi connectivity index (χ1n) is 14.2. The predicted octanol–water partition coefficient (Wildman–Crippen LogP) is 3.23. The number of carbonyl (C=O) groups is 3. The number of benzene rings is 1. The lowest BCUT2D eigenvalue weighted by Gasteiger charge is -2.22. The van der Waals surface area contributed by atoms with Crippen LogP contribution in [-0.2, 0) is 18.0 Å². The smallest absolute Gasteiger partial charge is 0.315 e. The number of nitrogens with one attached hydrogen (secondary N) is 2. The molecule has 214 valence electrons. The zero-order chi connectivity index (χ0) is 28.5. The Hall–Kier alpha value is -4.39. The quantitative estimate of drug-likeness (QED) is 0.235. The summed E-state index contributed by atoms with van der Waals surface area (Å²) in [4.78, 5) is 48.6. The Morgan fingerprint density at radius 3 is 2.51 bits per heavy atom. The van der Waals surface area contributed by atoms with Gasteiger partial charge in [0.2, 0.25) is 5.65 Å². The normalized spacial score (nSPS) is 15.7. The Kier molecular flexibility index (Phi) is 7.35. The van der Waals surface area contributed by atoms with Crippen molar-refractivity contribution < 1.29 is 19.2 Å². The number of fused-ring (bicyclic) bond motifs is 4. The zero-order valence-electron chi connectivity index (χ0n) is 23.2. The molecule has 1 fully saturated rings. The highest BCUT2D eigenvalue weighted by Gasteiger charge is 2.37. The van der Waals surface area contributed by atoms with Crippen LogP contribution < -0.4 is 10.6 Å². The summed E-state index contributed by atoms with van der Waals surface area (Å²) in [5.74, 6) is -0.457. The number of hydrogen-bond donors (Lipinski definition) is 2. The van der Waals surface area contributed by atoms with Crippen molar-refractivity contribution in [3.8, 4) is 0 Å². The molecule has 1 saturated carbocycles. The van der Waals surface area contributed by atoms with Crippen LogP contribution in [0.2, 0.25) is 0 Å². The second kappa shape index (κ2) is 11.2. The van der Waals surface area contributed by atoms with Gasteiger partial charge in [0.25, 0.3) is 11.8 Å². The number of hydroxylamine groups is 2. The summed E-state index contributed by atoms with van der Waals surface area (Å²) in [6.45, 7) is 4.96. The van der Waals surface area contributed by atoms with E-state index in [1.54, 1.807) is 28.8 Å². The molecule has 4 heterocycles. The maximum atomic E-state index is 12.8. The molecule has 41 heavy (non-hydrogen) atoms. The second-order valence-corrected chi connectivity index (χ2v) is 10.7. The Labute approximate surface area is 236 Å². The standard InChI is InChI=1S/C28H33N9O4/c1-17-18(2)36-25(32-33-34-36)23-24(17)35(15-9-8-14-29-28(40)30-19-10-4-3-5-11-19)22(31-23)16-41-37-26(38)20-12-6-7-13-21(20)27(37)39/h6-7,12-13,19H,3-5,8-11,14-16H2,1-2H3,(H2,29,30,40). The SMILES string of the molecule is Cc1c(C)n2nnnc2c2nc(CON3C(=O)c4ccccc4C3=O)n(CCCCNC(=O)NC3CCCCC3)c12. The maximum Gasteiger partial charge on any atom is 0.315 e. The fraction of sp³-hybridized carbons (Fsp3) is 0.464. The summed E-state index contributed by atoms with van der Waals surface area (Å²) in [5.41, 5.74) is 4.47. The molecule has 4 aromatic rings. The summed E-state index contributed by atoms with van der Waals surface area (Å²) >= 11 is 0. The van der Waals surface area contributed by atoms with Crippen molar-refractivity contribution >= 4 is 34.5 Å². The molecule has 0 atom stereocenters. The van der Waals surface area contributed by atoms with Gasteiger partial charge in [0.1, 0.15) is 17.9 Å². The highest BCUT2D eigenvalue weighted by Crippen LogP contribution is 2.28. The first-order valence-corrected chi connectivity index (χ1v) is 14.2. The van der Waals surface area contributed by atoms with E-state index in [-0.39, 0.29) is 18.7 Å². The minimum atomic E-state index is -0.498. The third-order valence-electron chi connectivity index (χ3n) is 8.06. The van der Waals surface area contributed by atoms with Crippen LogP contribution in [0.1, 0.15) is 82.7 Å². The molecule has 3 aromatic heterocycles. The Morgan fingerprint density at radius 1 is 1.05 bits per heavy atom. The van der Waals surface area contributed by atoms with Crippen molar-refractivity contribution in [1.29, 1.82) is 0 Å². The number of imidazole rings is 1. The maximum absolute atomic E-state index is 12.8. The Balaban J connectivity index is 1.18. The molecule has 6 rings (SSSR count). The second-order valence-electron chi connectivity index (χ2n) is 10.7. The van der Waals surface area contributed by atoms with Crippen molar-refractivity contribution in [2.75, 3.05) is 6.54 Å². The Bertz CT molecular complexity index is 1600. The largest absolute Gasteiger partial charge is 0.338 e. The number of hydrogen-bond acceptors (Lipinski definition) is 8. The molecule has 2 aliphatic rings. The fourth-order valence-electron chi connectivity index (χ4n) is 5.76. The van der Waals surface area contributed by atoms with Crippen LogP contribution in [0.25, 0.3) is 16.7 Å². The van der Waals surface area contributed by atoms with Crippen LogP contribution >= 0.6 is 0 Å². The van der Waals surface area contributed by atoms with Gasteiger partial charge in [-0.1, -0.05) is 31.4 Å². The van der Waals surface area contributed by atoms with Gasteiger partial charge in [0.05, 0.1) is 16.6 Å². The number of rotatable bonds is 9. The third-order valence-corrected chi connectivity index (χ3v) is 8.06. The van der Waals surface area contributed by atoms with E-state index in [4.69, 9.17) is 9.82 Å². The molecule has 13 heteroatoms. The van der Waals surface area contributed by atoms with Crippen molar-refractivity contribution in [2.24, 2.45) is 0 Å². The van der Waals surface area contributed by atoms with Gasteiger partial charge in [-0.15, -0.1) is 10.2 Å². The first kappa shape index (κ1) is 26.8. The van der Waals surface area contributed by atoms with E-state index in [1.807, 2.05) is 18.4 Å². The summed E-state index contributed by atoms with van der Waals surface area (Å²) in [7, 11) is 0. The van der Waals surface area contributed by atoms with Gasteiger partial charge in [-0.2, -0.15) is 4.52 Å². The monoisotopic (exact) mass is 559 g/mol. The van der Waals surface area contributed by atoms with Crippen molar-refractivity contribution in [1.82, 2.24) is 45.3 Å². The number of pyridine rings is 1. The Morgan fingerprint density at radius 2 is 1.78 bits per heavy atom. The lowest BCUT2D eigenvalue weighted by atomic mass is 9.96. The molecule has 4 amide bonds. The zero-order valence-corrected chi connectivity index (χ0v) is 23.2. The number of urea groups is 1. The molecule has 0 bridgehead atoms. The third kappa shape index (κ3) is 5.01. The molecule has 2 N–H and O–H groups in total. The summed E-state index contributed by atoms with van der Waals surface area (Å²) in [6, 6.07) is 6.79.